The van der Waals surface area contributed by atoms with Gasteiger partial charge in [-0.1, -0.05) is 116 Å². The number of alkyl halides is 1. The van der Waals surface area contributed by atoms with Crippen molar-refractivity contribution >= 4 is 41.4 Å². The summed E-state index contributed by atoms with van der Waals surface area (Å²) >= 11 is 0. The first-order chi connectivity index (χ1) is 34.0. The Bertz CT molecular complexity index is 2980. The van der Waals surface area contributed by atoms with E-state index in [1.165, 1.54) is 4.90 Å². The zero-order chi connectivity index (χ0) is 48.1. The summed E-state index contributed by atoms with van der Waals surface area (Å²) in [7, 11) is 0. The second kappa shape index (κ2) is 18.4. The fourth-order valence-electron chi connectivity index (χ4n) is 11.1. The molecule has 0 spiro atoms. The molecule has 354 valence electrons. The number of likely N-dealkylation sites (tertiary alicyclic amines) is 1. The van der Waals surface area contributed by atoms with Crippen molar-refractivity contribution in [2.45, 2.75) is 94.7 Å². The lowest BCUT2D eigenvalue weighted by molar-refractivity contribution is -0.147. The average Bonchev–Trinajstić information content (AvgIpc) is 4.17. The summed E-state index contributed by atoms with van der Waals surface area (Å²) < 4.78 is 20.7. The molecule has 1 saturated carbocycles. The van der Waals surface area contributed by atoms with Gasteiger partial charge in [-0.05, 0) is 64.8 Å². The van der Waals surface area contributed by atoms with E-state index in [0.717, 1.165) is 86.7 Å². The first-order valence-electron chi connectivity index (χ1n) is 24.3. The van der Waals surface area contributed by atoms with E-state index in [1.54, 1.807) is 17.0 Å². The van der Waals surface area contributed by atoms with Crippen molar-refractivity contribution in [1.82, 2.24) is 25.0 Å². The molecule has 2 saturated heterocycles. The molecule has 5 aliphatic heterocycles. The molecule has 0 radical (unpaired) electrons. The predicted octanol–water partition coefficient (Wildman–Crippen LogP) is 8.02. The van der Waals surface area contributed by atoms with Gasteiger partial charge in [-0.2, -0.15) is 0 Å². The van der Waals surface area contributed by atoms with E-state index in [2.05, 4.69) is 54.4 Å². The van der Waals surface area contributed by atoms with E-state index >= 15 is 0 Å². The fourth-order valence-corrected chi connectivity index (χ4v) is 11.1. The Kier molecular flexibility index (Phi) is 11.8. The molecule has 11 rings (SSSR count). The predicted molar refractivity (Wildman–Crippen MR) is 262 cm³/mol. The molecule has 0 bridgehead atoms. The molecule has 70 heavy (non-hydrogen) atoms. The van der Waals surface area contributed by atoms with Gasteiger partial charge in [0.2, 0.25) is 17.7 Å². The number of hydrogen-bond donors (Lipinski definition) is 1. The Hall–Kier alpha value is -7.54. The van der Waals surface area contributed by atoms with Gasteiger partial charge in [0.05, 0.1) is 36.9 Å². The molecule has 12 nitrogen and oxygen atoms in total. The SMILES string of the molecule is C=C1CN=C2c3cc(-c4ccccc4)c(-c4ccc(C5(CC(=O)OCc6ccc(CC(=O)[C@@H]7C[C@H](F)CN7C(=O)[C@@H]7C[C@@H](CC(=O)N8Cc9ccccc9C8)C(=O)N7)cc6)CCC5)cc4)nc3C=CN12. The Morgan fingerprint density at radius 1 is 0.843 bits per heavy atom. The number of nitrogens with zero attached hydrogens (tertiary/aromatic N) is 5. The largest absolute Gasteiger partial charge is 0.461 e. The standard InChI is InChI=1S/C57H53FN6O6/c1-35-30-59-54-46-28-45(38-8-3-2-4-9-38)53(60-47(46)20-23-63(35)54)39-16-18-43(19-17-39)57(21-7-22-57)29-52(67)70-34-37-14-12-36(13-15-37)24-50(65)49-27-44(58)33-64(49)56(69)48-25-42(55(68)61-48)26-51(66)62-31-40-10-5-6-11-41(40)32-62/h2-6,8-20,23,28,42,44,48-49H,1,7,21-22,24-27,29-34H2,(H,61,68)/t42-,44-,48-,49-/m0/s1. The number of esters is 1. The molecule has 1 aliphatic carbocycles. The van der Waals surface area contributed by atoms with Crippen LogP contribution in [0.5, 0.6) is 0 Å². The topological polar surface area (TPSA) is 142 Å². The van der Waals surface area contributed by atoms with E-state index in [4.69, 9.17) is 14.7 Å². The van der Waals surface area contributed by atoms with Crippen LogP contribution in [0.25, 0.3) is 28.5 Å². The van der Waals surface area contributed by atoms with Crippen LogP contribution in [-0.2, 0) is 60.2 Å². The van der Waals surface area contributed by atoms with Crippen LogP contribution in [0.1, 0.15) is 84.0 Å². The van der Waals surface area contributed by atoms with E-state index in [9.17, 15) is 28.4 Å². The van der Waals surface area contributed by atoms with Crippen molar-refractivity contribution in [1.29, 1.82) is 0 Å². The molecule has 5 aromatic rings. The highest BCUT2D eigenvalue weighted by molar-refractivity contribution is 6.08. The molecular formula is C57H53FN6O6. The molecule has 3 fully saturated rings. The summed E-state index contributed by atoms with van der Waals surface area (Å²) in [5.74, 6) is -1.46. The minimum atomic E-state index is -1.38. The number of hydrogen-bond acceptors (Lipinski definition) is 9. The van der Waals surface area contributed by atoms with Crippen LogP contribution < -0.4 is 5.32 Å². The summed E-state index contributed by atoms with van der Waals surface area (Å²) in [6.45, 7) is 5.52. The van der Waals surface area contributed by atoms with Crippen LogP contribution in [0.4, 0.5) is 4.39 Å². The quantitative estimate of drug-likeness (QED) is 0.117. The summed E-state index contributed by atoms with van der Waals surface area (Å²) in [4.78, 5) is 82.0. The van der Waals surface area contributed by atoms with Crippen molar-refractivity contribution in [2.24, 2.45) is 10.9 Å². The van der Waals surface area contributed by atoms with Crippen LogP contribution in [0.15, 0.2) is 133 Å². The van der Waals surface area contributed by atoms with Gasteiger partial charge in [0.25, 0.3) is 0 Å². The Morgan fingerprint density at radius 2 is 1.56 bits per heavy atom. The van der Waals surface area contributed by atoms with Gasteiger partial charge in [-0.25, -0.2) is 9.37 Å². The highest BCUT2D eigenvalue weighted by Gasteiger charge is 2.46. The van der Waals surface area contributed by atoms with E-state index < -0.39 is 30.1 Å². The number of benzene rings is 4. The summed E-state index contributed by atoms with van der Waals surface area (Å²) in [6, 6.07) is 34.0. The Labute approximate surface area is 405 Å². The van der Waals surface area contributed by atoms with Gasteiger partial charge in [-0.3, -0.25) is 29.0 Å². The molecule has 0 unspecified atom stereocenters. The third-order valence-corrected chi connectivity index (χ3v) is 15.1. The monoisotopic (exact) mass is 936 g/mol. The van der Waals surface area contributed by atoms with Gasteiger partial charge >= 0.3 is 5.97 Å². The summed E-state index contributed by atoms with van der Waals surface area (Å²) in [5, 5.41) is 2.72. The van der Waals surface area contributed by atoms with Crippen LogP contribution in [0, 0.1) is 5.92 Å². The number of ketones is 1. The number of rotatable bonds is 13. The highest BCUT2D eigenvalue weighted by atomic mass is 19.1. The lowest BCUT2D eigenvalue weighted by Gasteiger charge is -2.42. The number of Topliss-reactive ketones (excluding diaryl/α,β-unsaturated/α-hetero) is 1. The molecule has 6 aliphatic rings. The lowest BCUT2D eigenvalue weighted by Crippen LogP contribution is -2.49. The zero-order valence-corrected chi connectivity index (χ0v) is 38.8. The number of carbonyl (C=O) groups is 5. The Balaban J connectivity index is 0.689. The molecule has 1 aromatic heterocycles. The van der Waals surface area contributed by atoms with Gasteiger partial charge in [-0.15, -0.1) is 0 Å². The number of carbonyl (C=O) groups excluding carboxylic acids is 5. The molecule has 1 N–H and O–H groups in total. The molecule has 13 heteroatoms. The van der Waals surface area contributed by atoms with E-state index in [-0.39, 0.29) is 74.2 Å². The first kappa shape index (κ1) is 44.9. The van der Waals surface area contributed by atoms with Crippen molar-refractivity contribution in [3.63, 3.8) is 0 Å². The molecule has 6 heterocycles. The van der Waals surface area contributed by atoms with Crippen LogP contribution in [-0.4, -0.2) is 86.3 Å². The minimum absolute atomic E-state index is 0.0208. The molecule has 4 aromatic carbocycles. The van der Waals surface area contributed by atoms with Crippen molar-refractivity contribution in [3.05, 3.63) is 167 Å². The highest BCUT2D eigenvalue weighted by Crippen LogP contribution is 2.47. The average molecular weight is 937 g/mol. The van der Waals surface area contributed by atoms with Gasteiger partial charge < -0.3 is 24.8 Å². The normalized spacial score (nSPS) is 21.7. The van der Waals surface area contributed by atoms with Crippen molar-refractivity contribution < 1.29 is 33.1 Å². The maximum absolute atomic E-state index is 14.9. The number of halogens is 1. The van der Waals surface area contributed by atoms with Gasteiger partial charge in [0.1, 0.15) is 24.7 Å². The van der Waals surface area contributed by atoms with Crippen LogP contribution in [0.2, 0.25) is 0 Å². The van der Waals surface area contributed by atoms with E-state index in [0.29, 0.717) is 25.2 Å². The number of nitrogens with one attached hydrogen (secondary N) is 1. The van der Waals surface area contributed by atoms with Gasteiger partial charge in [0.15, 0.2) is 5.78 Å². The third-order valence-electron chi connectivity index (χ3n) is 15.1. The maximum atomic E-state index is 14.9. The summed E-state index contributed by atoms with van der Waals surface area (Å²) in [5.41, 5.74) is 11.0. The second-order valence-corrected chi connectivity index (χ2v) is 19.6. The first-order valence-corrected chi connectivity index (χ1v) is 24.3. The number of amidine groups is 1. The van der Waals surface area contributed by atoms with Crippen LogP contribution in [0.3, 0.4) is 0 Å². The number of fused-ring (bicyclic) bond motifs is 4. The number of amides is 3. The number of ether oxygens (including phenoxy) is 1. The molecule has 4 atom stereocenters. The van der Waals surface area contributed by atoms with Crippen LogP contribution >= 0.6 is 0 Å². The molecule has 3 amide bonds. The fraction of sp³-hybridized carbons (Fsp3) is 0.316. The lowest BCUT2D eigenvalue weighted by atomic mass is 9.62. The van der Waals surface area contributed by atoms with Crippen molar-refractivity contribution in [2.75, 3.05) is 13.1 Å². The van der Waals surface area contributed by atoms with E-state index in [1.807, 2.05) is 71.8 Å². The maximum Gasteiger partial charge on any atom is 0.307 e. The third kappa shape index (κ3) is 8.62. The second-order valence-electron chi connectivity index (χ2n) is 19.6. The minimum Gasteiger partial charge on any atom is -0.461 e. The van der Waals surface area contributed by atoms with Crippen molar-refractivity contribution in [3.8, 4) is 22.4 Å². The number of aromatic nitrogens is 1. The molecular weight excluding hydrogens is 884 g/mol. The zero-order valence-electron chi connectivity index (χ0n) is 38.8. The Morgan fingerprint density at radius 3 is 2.27 bits per heavy atom. The number of aliphatic imine (C=N–C) groups is 1. The smallest absolute Gasteiger partial charge is 0.307 e. The summed E-state index contributed by atoms with van der Waals surface area (Å²) in [6.07, 6.45) is 5.59. The number of pyridine rings is 1. The van der Waals surface area contributed by atoms with Gasteiger partial charge in [0, 0.05) is 72.3 Å².